The highest BCUT2D eigenvalue weighted by atomic mass is 16.5. The molecule has 1 saturated heterocycles. The van der Waals surface area contributed by atoms with Crippen LogP contribution in [0.25, 0.3) is 11.5 Å². The number of nitrogens with zero attached hydrogens (tertiary/aromatic N) is 4. The van der Waals surface area contributed by atoms with E-state index in [4.69, 9.17) is 9.26 Å². The molecule has 0 aliphatic carbocycles. The lowest BCUT2D eigenvalue weighted by atomic mass is 9.95. The van der Waals surface area contributed by atoms with Gasteiger partial charge in [0.1, 0.15) is 5.75 Å². The summed E-state index contributed by atoms with van der Waals surface area (Å²) in [6.07, 6.45) is 6.10. The van der Waals surface area contributed by atoms with E-state index in [-0.39, 0.29) is 6.03 Å². The SMILES string of the molecule is COc1ccc(CNC(=O)N2CCCC(Cc3noc(-c4cccnc4)n3)C2)cc1. The van der Waals surface area contributed by atoms with Crippen LogP contribution in [0.3, 0.4) is 0 Å². The number of urea groups is 1. The molecule has 2 amide bonds. The molecule has 0 spiro atoms. The van der Waals surface area contributed by atoms with Gasteiger partial charge in [-0.1, -0.05) is 17.3 Å². The summed E-state index contributed by atoms with van der Waals surface area (Å²) in [7, 11) is 1.64. The second kappa shape index (κ2) is 9.39. The molecule has 30 heavy (non-hydrogen) atoms. The molecule has 3 heterocycles. The van der Waals surface area contributed by atoms with Crippen molar-refractivity contribution in [1.82, 2.24) is 25.3 Å². The third kappa shape index (κ3) is 4.94. The number of benzene rings is 1. The molecular formula is C22H25N5O3. The number of aromatic nitrogens is 3. The summed E-state index contributed by atoms with van der Waals surface area (Å²) in [5, 5.41) is 7.11. The first kappa shape index (κ1) is 19.9. The van der Waals surface area contributed by atoms with Gasteiger partial charge in [-0.05, 0) is 48.6 Å². The summed E-state index contributed by atoms with van der Waals surface area (Å²) in [5.41, 5.74) is 1.84. The minimum atomic E-state index is -0.0420. The van der Waals surface area contributed by atoms with E-state index in [1.54, 1.807) is 19.5 Å². The largest absolute Gasteiger partial charge is 0.497 e. The molecule has 156 valence electrons. The fourth-order valence-electron chi connectivity index (χ4n) is 3.65. The minimum absolute atomic E-state index is 0.0420. The lowest BCUT2D eigenvalue weighted by Gasteiger charge is -2.32. The fourth-order valence-corrected chi connectivity index (χ4v) is 3.65. The van der Waals surface area contributed by atoms with Gasteiger partial charge in [-0.15, -0.1) is 0 Å². The Morgan fingerprint density at radius 2 is 2.17 bits per heavy atom. The standard InChI is InChI=1S/C22H25N5O3/c1-29-19-8-6-16(7-9-19)13-24-22(28)27-11-3-4-17(15-27)12-20-25-21(30-26-20)18-5-2-10-23-14-18/h2,5-10,14,17H,3-4,11-13,15H2,1H3,(H,24,28). The summed E-state index contributed by atoms with van der Waals surface area (Å²) in [4.78, 5) is 23.1. The van der Waals surface area contributed by atoms with E-state index in [1.807, 2.05) is 41.3 Å². The number of nitrogens with one attached hydrogen (secondary N) is 1. The van der Waals surface area contributed by atoms with Crippen molar-refractivity contribution < 1.29 is 14.1 Å². The normalized spacial score (nSPS) is 16.3. The van der Waals surface area contributed by atoms with Crippen LogP contribution in [0.2, 0.25) is 0 Å². The summed E-state index contributed by atoms with van der Waals surface area (Å²) in [6.45, 7) is 1.94. The Morgan fingerprint density at radius 1 is 1.30 bits per heavy atom. The molecule has 0 radical (unpaired) electrons. The van der Waals surface area contributed by atoms with Crippen molar-refractivity contribution >= 4 is 6.03 Å². The lowest BCUT2D eigenvalue weighted by Crippen LogP contribution is -2.45. The maximum atomic E-state index is 12.6. The third-order valence-electron chi connectivity index (χ3n) is 5.26. The number of carbonyl (C=O) groups is 1. The number of ether oxygens (including phenoxy) is 1. The number of amides is 2. The first-order valence-corrected chi connectivity index (χ1v) is 10.1. The quantitative estimate of drug-likeness (QED) is 0.674. The van der Waals surface area contributed by atoms with Crippen molar-refractivity contribution in [1.29, 1.82) is 0 Å². The van der Waals surface area contributed by atoms with Gasteiger partial charge in [0.15, 0.2) is 5.82 Å². The number of pyridine rings is 1. The van der Waals surface area contributed by atoms with Gasteiger partial charge in [-0.2, -0.15) is 4.98 Å². The Labute approximate surface area is 175 Å². The molecule has 1 aliphatic rings. The monoisotopic (exact) mass is 407 g/mol. The van der Waals surface area contributed by atoms with Crippen LogP contribution in [0.4, 0.5) is 4.79 Å². The maximum absolute atomic E-state index is 12.6. The highest BCUT2D eigenvalue weighted by Crippen LogP contribution is 2.22. The maximum Gasteiger partial charge on any atom is 0.317 e. The average molecular weight is 407 g/mol. The van der Waals surface area contributed by atoms with E-state index >= 15 is 0 Å². The molecule has 1 fully saturated rings. The summed E-state index contributed by atoms with van der Waals surface area (Å²) < 4.78 is 10.5. The van der Waals surface area contributed by atoms with Crippen molar-refractivity contribution in [3.05, 3.63) is 60.2 Å². The van der Waals surface area contributed by atoms with Gasteiger partial charge >= 0.3 is 6.03 Å². The van der Waals surface area contributed by atoms with Gasteiger partial charge in [0.25, 0.3) is 5.89 Å². The fraction of sp³-hybridized carbons (Fsp3) is 0.364. The number of piperidine rings is 1. The first-order chi connectivity index (χ1) is 14.7. The van der Waals surface area contributed by atoms with Crippen LogP contribution in [0.15, 0.2) is 53.3 Å². The van der Waals surface area contributed by atoms with E-state index < -0.39 is 0 Å². The van der Waals surface area contributed by atoms with E-state index in [1.165, 1.54) is 0 Å². The highest BCUT2D eigenvalue weighted by molar-refractivity contribution is 5.74. The Bertz CT molecular complexity index is 958. The molecule has 1 unspecified atom stereocenters. The summed E-state index contributed by atoms with van der Waals surface area (Å²) in [6, 6.07) is 11.4. The molecule has 0 saturated carbocycles. The predicted molar refractivity (Wildman–Crippen MR) is 111 cm³/mol. The second-order valence-corrected chi connectivity index (χ2v) is 7.42. The van der Waals surface area contributed by atoms with Crippen molar-refractivity contribution in [3.8, 4) is 17.2 Å². The van der Waals surface area contributed by atoms with Crippen LogP contribution in [-0.2, 0) is 13.0 Å². The zero-order valence-corrected chi connectivity index (χ0v) is 17.0. The minimum Gasteiger partial charge on any atom is -0.497 e. The van der Waals surface area contributed by atoms with Gasteiger partial charge in [0, 0.05) is 38.4 Å². The molecule has 8 nitrogen and oxygen atoms in total. The number of likely N-dealkylation sites (tertiary alicyclic amines) is 1. The molecular weight excluding hydrogens is 382 g/mol. The van der Waals surface area contributed by atoms with Crippen LogP contribution in [0, 0.1) is 5.92 Å². The Balaban J connectivity index is 1.29. The average Bonchev–Trinajstić information content (AvgIpc) is 3.27. The molecule has 1 aromatic carbocycles. The van der Waals surface area contributed by atoms with Gasteiger partial charge in [-0.25, -0.2) is 4.79 Å². The molecule has 1 N–H and O–H groups in total. The van der Waals surface area contributed by atoms with Crippen LogP contribution in [0.5, 0.6) is 5.75 Å². The summed E-state index contributed by atoms with van der Waals surface area (Å²) >= 11 is 0. The van der Waals surface area contributed by atoms with Crippen LogP contribution >= 0.6 is 0 Å². The third-order valence-corrected chi connectivity index (χ3v) is 5.26. The van der Waals surface area contributed by atoms with Crippen molar-refractivity contribution in [3.63, 3.8) is 0 Å². The van der Waals surface area contributed by atoms with Gasteiger partial charge < -0.3 is 19.5 Å². The molecule has 3 aromatic rings. The van der Waals surface area contributed by atoms with Crippen LogP contribution < -0.4 is 10.1 Å². The predicted octanol–water partition coefficient (Wildman–Crippen LogP) is 3.30. The topological polar surface area (TPSA) is 93.4 Å². The number of carbonyl (C=O) groups excluding carboxylic acids is 1. The molecule has 4 rings (SSSR count). The number of methoxy groups -OCH3 is 1. The molecule has 0 bridgehead atoms. The Morgan fingerprint density at radius 3 is 2.93 bits per heavy atom. The van der Waals surface area contributed by atoms with E-state index in [0.29, 0.717) is 37.1 Å². The molecule has 1 aliphatic heterocycles. The van der Waals surface area contributed by atoms with Crippen LogP contribution in [0.1, 0.15) is 24.2 Å². The number of hydrogen-bond acceptors (Lipinski definition) is 6. The summed E-state index contributed by atoms with van der Waals surface area (Å²) in [5.74, 6) is 2.25. The number of rotatable bonds is 6. The second-order valence-electron chi connectivity index (χ2n) is 7.42. The van der Waals surface area contributed by atoms with Gasteiger partial charge in [0.2, 0.25) is 0 Å². The molecule has 8 heteroatoms. The van der Waals surface area contributed by atoms with E-state index in [0.717, 1.165) is 36.3 Å². The Hall–Kier alpha value is -3.42. The molecule has 2 aromatic heterocycles. The van der Waals surface area contributed by atoms with Crippen molar-refractivity contribution in [2.75, 3.05) is 20.2 Å². The van der Waals surface area contributed by atoms with Crippen molar-refractivity contribution in [2.24, 2.45) is 5.92 Å². The van der Waals surface area contributed by atoms with E-state index in [2.05, 4.69) is 20.4 Å². The zero-order valence-electron chi connectivity index (χ0n) is 17.0. The number of hydrogen-bond donors (Lipinski definition) is 1. The van der Waals surface area contributed by atoms with Crippen molar-refractivity contribution in [2.45, 2.75) is 25.8 Å². The first-order valence-electron chi connectivity index (χ1n) is 10.1. The molecule has 1 atom stereocenters. The lowest BCUT2D eigenvalue weighted by molar-refractivity contribution is 0.164. The highest BCUT2D eigenvalue weighted by Gasteiger charge is 2.25. The van der Waals surface area contributed by atoms with Crippen LogP contribution in [-0.4, -0.2) is 46.3 Å². The van der Waals surface area contributed by atoms with Gasteiger partial charge in [0.05, 0.1) is 12.7 Å². The van der Waals surface area contributed by atoms with Gasteiger partial charge in [-0.3, -0.25) is 4.98 Å². The smallest absolute Gasteiger partial charge is 0.317 e. The zero-order chi connectivity index (χ0) is 20.8. The Kier molecular flexibility index (Phi) is 6.22. The van der Waals surface area contributed by atoms with E-state index in [9.17, 15) is 4.79 Å².